The first-order valence-electron chi connectivity index (χ1n) is 9.48. The summed E-state index contributed by atoms with van der Waals surface area (Å²) in [5, 5.41) is 2.73. The van der Waals surface area contributed by atoms with Gasteiger partial charge in [0.15, 0.2) is 0 Å². The average molecular weight is 493 g/mol. The number of pyridine rings is 1. The maximum atomic E-state index is 13.3. The zero-order chi connectivity index (χ0) is 22.4. The van der Waals surface area contributed by atoms with Gasteiger partial charge in [0, 0.05) is 29.2 Å². The molecule has 1 aromatic heterocycles. The van der Waals surface area contributed by atoms with Gasteiger partial charge < -0.3 is 10.1 Å². The normalized spacial score (nSPS) is 11.3. The minimum absolute atomic E-state index is 0.0530. The minimum Gasteiger partial charge on any atom is -0.481 e. The van der Waals surface area contributed by atoms with Crippen molar-refractivity contribution in [3.63, 3.8) is 0 Å². The van der Waals surface area contributed by atoms with Crippen LogP contribution >= 0.6 is 15.9 Å². The maximum Gasteiger partial charge on any atom is 0.416 e. The molecule has 3 rings (SSSR count). The van der Waals surface area contributed by atoms with Crippen LogP contribution in [0.5, 0.6) is 5.88 Å². The van der Waals surface area contributed by atoms with Crippen molar-refractivity contribution in [1.29, 1.82) is 0 Å². The fraction of sp³-hybridized carbons (Fsp3) is 0.217. The molecule has 162 valence electrons. The van der Waals surface area contributed by atoms with Gasteiger partial charge in [-0.25, -0.2) is 4.98 Å². The van der Waals surface area contributed by atoms with Crippen LogP contribution in [0.2, 0.25) is 0 Å². The number of nitrogens with zero attached hydrogens (tertiary/aromatic N) is 1. The van der Waals surface area contributed by atoms with Crippen molar-refractivity contribution in [2.24, 2.45) is 0 Å². The molecule has 0 saturated carbocycles. The number of amides is 1. The van der Waals surface area contributed by atoms with E-state index in [4.69, 9.17) is 4.74 Å². The van der Waals surface area contributed by atoms with E-state index in [0.29, 0.717) is 27.6 Å². The number of benzene rings is 2. The molecule has 0 fully saturated rings. The Morgan fingerprint density at radius 3 is 2.52 bits per heavy atom. The number of carbonyl (C=O) groups excluding carboxylic acids is 1. The highest BCUT2D eigenvalue weighted by atomic mass is 79.9. The number of carbonyl (C=O) groups is 1. The third-order valence-electron chi connectivity index (χ3n) is 4.69. The van der Waals surface area contributed by atoms with Crippen LogP contribution < -0.4 is 10.1 Å². The predicted molar refractivity (Wildman–Crippen MR) is 116 cm³/mol. The second-order valence-corrected chi connectivity index (χ2v) is 7.76. The quantitative estimate of drug-likeness (QED) is 0.454. The summed E-state index contributed by atoms with van der Waals surface area (Å²) >= 11 is 3.33. The molecule has 0 aliphatic rings. The Morgan fingerprint density at radius 1 is 1.10 bits per heavy atom. The standard InChI is InChI=1S/C23H20BrF3N2O2/c1-31-22-20(12-18(24)14-29-22)19-9-8-17(23(25,26)27)11-16(19)13-28-21(30)10-7-15-5-3-2-4-6-15/h2-6,8-9,11-12,14H,7,10,13H2,1H3,(H,28,30). The summed E-state index contributed by atoms with van der Waals surface area (Å²) in [4.78, 5) is 16.5. The van der Waals surface area contributed by atoms with Gasteiger partial charge in [0.05, 0.1) is 12.7 Å². The Morgan fingerprint density at radius 2 is 1.84 bits per heavy atom. The molecule has 0 radical (unpaired) electrons. The predicted octanol–water partition coefficient (Wildman–Crippen LogP) is 5.79. The van der Waals surface area contributed by atoms with Crippen molar-refractivity contribution in [2.75, 3.05) is 7.11 Å². The molecule has 2 aromatic carbocycles. The summed E-state index contributed by atoms with van der Waals surface area (Å²) in [6.07, 6.45) is -2.17. The van der Waals surface area contributed by atoms with Crippen LogP contribution in [0.15, 0.2) is 65.3 Å². The lowest BCUT2D eigenvalue weighted by Crippen LogP contribution is -2.23. The molecule has 0 bridgehead atoms. The molecule has 0 saturated heterocycles. The summed E-state index contributed by atoms with van der Waals surface area (Å²) in [5.74, 6) is 0.0335. The van der Waals surface area contributed by atoms with E-state index >= 15 is 0 Å². The number of alkyl halides is 3. The van der Waals surface area contributed by atoms with Gasteiger partial charge in [-0.2, -0.15) is 13.2 Å². The number of ether oxygens (including phenoxy) is 1. The summed E-state index contributed by atoms with van der Waals surface area (Å²) in [6, 6.07) is 14.7. The van der Waals surface area contributed by atoms with Crippen LogP contribution in [0.3, 0.4) is 0 Å². The smallest absolute Gasteiger partial charge is 0.416 e. The third-order valence-corrected chi connectivity index (χ3v) is 5.13. The molecular formula is C23H20BrF3N2O2. The van der Waals surface area contributed by atoms with Crippen LogP contribution in [0, 0.1) is 0 Å². The largest absolute Gasteiger partial charge is 0.481 e. The van der Waals surface area contributed by atoms with E-state index in [9.17, 15) is 18.0 Å². The van der Waals surface area contributed by atoms with Crippen LogP contribution in [-0.4, -0.2) is 18.0 Å². The monoisotopic (exact) mass is 492 g/mol. The first-order valence-corrected chi connectivity index (χ1v) is 10.3. The highest BCUT2D eigenvalue weighted by Crippen LogP contribution is 2.37. The topological polar surface area (TPSA) is 51.2 Å². The molecule has 0 atom stereocenters. The van der Waals surface area contributed by atoms with Crippen LogP contribution in [0.1, 0.15) is 23.1 Å². The Balaban J connectivity index is 1.85. The van der Waals surface area contributed by atoms with Crippen LogP contribution in [0.4, 0.5) is 13.2 Å². The lowest BCUT2D eigenvalue weighted by atomic mass is 9.97. The van der Waals surface area contributed by atoms with E-state index in [1.165, 1.54) is 19.4 Å². The van der Waals surface area contributed by atoms with E-state index < -0.39 is 11.7 Å². The molecule has 0 spiro atoms. The van der Waals surface area contributed by atoms with Crippen molar-refractivity contribution in [3.8, 4) is 17.0 Å². The van der Waals surface area contributed by atoms with Crippen molar-refractivity contribution in [3.05, 3.63) is 82.0 Å². The Hall–Kier alpha value is -2.87. The summed E-state index contributed by atoms with van der Waals surface area (Å²) in [5.41, 5.74) is 1.58. The lowest BCUT2D eigenvalue weighted by molar-refractivity contribution is -0.137. The second-order valence-electron chi connectivity index (χ2n) is 6.84. The highest BCUT2D eigenvalue weighted by Gasteiger charge is 2.31. The molecule has 8 heteroatoms. The Bertz CT molecular complexity index is 1060. The molecular weight excluding hydrogens is 473 g/mol. The molecule has 31 heavy (non-hydrogen) atoms. The SMILES string of the molecule is COc1ncc(Br)cc1-c1ccc(C(F)(F)F)cc1CNC(=O)CCc1ccccc1. The lowest BCUT2D eigenvalue weighted by Gasteiger charge is -2.16. The van der Waals surface area contributed by atoms with Crippen molar-refractivity contribution >= 4 is 21.8 Å². The number of hydrogen-bond acceptors (Lipinski definition) is 3. The van der Waals surface area contributed by atoms with E-state index in [0.717, 1.165) is 17.7 Å². The number of halogens is 4. The molecule has 0 unspecified atom stereocenters. The first kappa shape index (κ1) is 22.8. The molecule has 1 amide bonds. The van der Waals surface area contributed by atoms with Crippen molar-refractivity contribution < 1.29 is 22.7 Å². The van der Waals surface area contributed by atoms with E-state index in [1.807, 2.05) is 30.3 Å². The zero-order valence-electron chi connectivity index (χ0n) is 16.7. The van der Waals surface area contributed by atoms with Crippen molar-refractivity contribution in [1.82, 2.24) is 10.3 Å². The van der Waals surface area contributed by atoms with Gasteiger partial charge in [0.2, 0.25) is 11.8 Å². The zero-order valence-corrected chi connectivity index (χ0v) is 18.3. The molecule has 4 nitrogen and oxygen atoms in total. The van der Waals surface area contributed by atoms with Gasteiger partial charge in [0.1, 0.15) is 0 Å². The van der Waals surface area contributed by atoms with Gasteiger partial charge in [-0.05, 0) is 57.2 Å². The van der Waals surface area contributed by atoms with Crippen molar-refractivity contribution in [2.45, 2.75) is 25.6 Å². The van der Waals surface area contributed by atoms with Gasteiger partial charge in [0.25, 0.3) is 0 Å². The van der Waals surface area contributed by atoms with E-state index in [1.54, 1.807) is 6.07 Å². The number of rotatable bonds is 7. The minimum atomic E-state index is -4.50. The summed E-state index contributed by atoms with van der Waals surface area (Å²) in [6.45, 7) is -0.0530. The number of aromatic nitrogens is 1. The number of methoxy groups -OCH3 is 1. The highest BCUT2D eigenvalue weighted by molar-refractivity contribution is 9.10. The van der Waals surface area contributed by atoms with Gasteiger partial charge in [-0.1, -0.05) is 36.4 Å². The van der Waals surface area contributed by atoms with Crippen LogP contribution in [-0.2, 0) is 23.9 Å². The average Bonchev–Trinajstić information content (AvgIpc) is 2.76. The summed E-state index contributed by atoms with van der Waals surface area (Å²) < 4.78 is 45.8. The fourth-order valence-corrected chi connectivity index (χ4v) is 3.48. The number of nitrogens with one attached hydrogen (secondary N) is 1. The molecule has 0 aliphatic carbocycles. The third kappa shape index (κ3) is 6.07. The Kier molecular flexibility index (Phi) is 7.33. The van der Waals surface area contributed by atoms with Crippen LogP contribution in [0.25, 0.3) is 11.1 Å². The Labute approximate surface area is 186 Å². The van der Waals surface area contributed by atoms with E-state index in [2.05, 4.69) is 26.2 Å². The molecule has 1 heterocycles. The van der Waals surface area contributed by atoms with Gasteiger partial charge >= 0.3 is 6.18 Å². The molecule has 1 N–H and O–H groups in total. The van der Waals surface area contributed by atoms with E-state index in [-0.39, 0.29) is 24.8 Å². The fourth-order valence-electron chi connectivity index (χ4n) is 3.15. The molecule has 3 aromatic rings. The van der Waals surface area contributed by atoms with Gasteiger partial charge in [-0.15, -0.1) is 0 Å². The first-order chi connectivity index (χ1) is 14.8. The van der Waals surface area contributed by atoms with Gasteiger partial charge in [-0.3, -0.25) is 4.79 Å². The molecule has 0 aliphatic heterocycles. The number of hydrogen-bond donors (Lipinski definition) is 1. The number of aryl methyl sites for hydroxylation is 1. The maximum absolute atomic E-state index is 13.3. The summed E-state index contributed by atoms with van der Waals surface area (Å²) in [7, 11) is 1.44. The second kappa shape index (κ2) is 9.96.